The topological polar surface area (TPSA) is 56.7 Å². The summed E-state index contributed by atoms with van der Waals surface area (Å²) in [6, 6.07) is 12.5. The zero-order chi connectivity index (χ0) is 21.4. The van der Waals surface area contributed by atoms with Gasteiger partial charge in [-0.1, -0.05) is 18.2 Å². The van der Waals surface area contributed by atoms with Crippen LogP contribution in [0.3, 0.4) is 0 Å². The van der Waals surface area contributed by atoms with Gasteiger partial charge in [-0.2, -0.15) is 0 Å². The molecule has 31 heavy (non-hydrogen) atoms. The Labute approximate surface area is 184 Å². The lowest BCUT2D eigenvalue weighted by molar-refractivity contribution is -0.132. The van der Waals surface area contributed by atoms with E-state index in [0.29, 0.717) is 6.42 Å². The molecule has 3 heterocycles. The lowest BCUT2D eigenvalue weighted by Gasteiger charge is -2.44. The summed E-state index contributed by atoms with van der Waals surface area (Å²) in [5.41, 5.74) is 5.90. The van der Waals surface area contributed by atoms with E-state index < -0.39 is 0 Å². The Kier molecular flexibility index (Phi) is 5.53. The van der Waals surface area contributed by atoms with Crippen molar-refractivity contribution in [2.75, 3.05) is 25.1 Å². The number of anilines is 1. The van der Waals surface area contributed by atoms with Gasteiger partial charge in [-0.3, -0.25) is 9.78 Å². The molecule has 5 nitrogen and oxygen atoms in total. The first-order valence-corrected chi connectivity index (χ1v) is 11.5. The molecule has 5 heteroatoms. The molecule has 0 bridgehead atoms. The number of likely N-dealkylation sites (N-methyl/N-ethyl adjacent to an activating group) is 1. The fraction of sp³-hybridized carbons (Fsp3) is 0.462. The summed E-state index contributed by atoms with van der Waals surface area (Å²) in [5.74, 6) is 0.367. The number of hydrogen-bond donors (Lipinski definition) is 1. The van der Waals surface area contributed by atoms with E-state index in [2.05, 4.69) is 41.2 Å². The van der Waals surface area contributed by atoms with Crippen LogP contribution in [-0.2, 0) is 11.2 Å². The van der Waals surface area contributed by atoms with Crippen LogP contribution in [0, 0.1) is 5.92 Å². The number of fused-ring (bicyclic) bond motifs is 3. The van der Waals surface area contributed by atoms with Gasteiger partial charge in [0, 0.05) is 37.1 Å². The first-order chi connectivity index (χ1) is 15.2. The second-order valence-electron chi connectivity index (χ2n) is 9.09. The molecule has 1 fully saturated rings. The smallest absolute Gasteiger partial charge is 0.229 e. The SMILES string of the molecule is CN1c2ccc(C3=CCCCC3)cc2[C@@H]2[C@@H](CCN2C(=O)Cc2ccccn2)[C@H]1CO. The Hall–Kier alpha value is -2.66. The van der Waals surface area contributed by atoms with Gasteiger partial charge in [0.05, 0.1) is 25.1 Å². The van der Waals surface area contributed by atoms with E-state index in [-0.39, 0.29) is 30.5 Å². The Balaban J connectivity index is 1.52. The van der Waals surface area contributed by atoms with Crippen LogP contribution >= 0.6 is 0 Å². The number of aliphatic hydroxyl groups is 1. The van der Waals surface area contributed by atoms with Crippen LogP contribution < -0.4 is 4.90 Å². The molecular weight excluding hydrogens is 386 g/mol. The Bertz CT molecular complexity index is 987. The molecule has 1 amide bonds. The molecule has 1 aromatic heterocycles. The molecule has 5 rings (SSSR count). The molecule has 0 spiro atoms. The van der Waals surface area contributed by atoms with E-state index in [4.69, 9.17) is 0 Å². The number of likely N-dealkylation sites (tertiary alicyclic amines) is 1. The van der Waals surface area contributed by atoms with Crippen LogP contribution in [0.5, 0.6) is 0 Å². The highest BCUT2D eigenvalue weighted by atomic mass is 16.3. The zero-order valence-electron chi connectivity index (χ0n) is 18.2. The number of pyridine rings is 1. The highest BCUT2D eigenvalue weighted by Crippen LogP contribution is 2.49. The highest BCUT2D eigenvalue weighted by Gasteiger charge is 2.47. The molecule has 2 aliphatic heterocycles. The van der Waals surface area contributed by atoms with Gasteiger partial charge < -0.3 is 14.9 Å². The van der Waals surface area contributed by atoms with E-state index in [0.717, 1.165) is 37.2 Å². The first-order valence-electron chi connectivity index (χ1n) is 11.5. The van der Waals surface area contributed by atoms with Crippen molar-refractivity contribution in [1.29, 1.82) is 0 Å². The van der Waals surface area contributed by atoms with Gasteiger partial charge >= 0.3 is 0 Å². The van der Waals surface area contributed by atoms with E-state index >= 15 is 0 Å². The molecule has 162 valence electrons. The maximum absolute atomic E-state index is 13.3. The third kappa shape index (κ3) is 3.65. The molecule has 0 saturated carbocycles. The second-order valence-corrected chi connectivity index (χ2v) is 9.09. The summed E-state index contributed by atoms with van der Waals surface area (Å²) in [4.78, 5) is 22.0. The van der Waals surface area contributed by atoms with Gasteiger partial charge in [0.25, 0.3) is 0 Å². The van der Waals surface area contributed by atoms with Crippen LogP contribution in [-0.4, -0.2) is 47.1 Å². The van der Waals surface area contributed by atoms with Crippen molar-refractivity contribution in [3.63, 3.8) is 0 Å². The molecule has 3 atom stereocenters. The lowest BCUT2D eigenvalue weighted by atomic mass is 9.80. The number of nitrogens with zero attached hydrogens (tertiary/aromatic N) is 3. The zero-order valence-corrected chi connectivity index (χ0v) is 18.2. The van der Waals surface area contributed by atoms with Crippen molar-refractivity contribution < 1.29 is 9.90 Å². The molecule has 1 N–H and O–H groups in total. The van der Waals surface area contributed by atoms with Crippen molar-refractivity contribution in [3.8, 4) is 0 Å². The largest absolute Gasteiger partial charge is 0.394 e. The van der Waals surface area contributed by atoms with Crippen molar-refractivity contribution in [2.45, 2.75) is 50.6 Å². The van der Waals surface area contributed by atoms with Gasteiger partial charge in [-0.05, 0) is 73.1 Å². The number of amides is 1. The molecule has 0 unspecified atom stereocenters. The predicted octanol–water partition coefficient (Wildman–Crippen LogP) is 3.98. The maximum Gasteiger partial charge on any atom is 0.229 e. The maximum atomic E-state index is 13.3. The van der Waals surface area contributed by atoms with Gasteiger partial charge in [0.1, 0.15) is 0 Å². The van der Waals surface area contributed by atoms with E-state index in [1.165, 1.54) is 29.5 Å². The average Bonchev–Trinajstić information content (AvgIpc) is 3.26. The number of aliphatic hydroxyl groups excluding tert-OH is 1. The van der Waals surface area contributed by atoms with Crippen LogP contribution in [0.15, 0.2) is 48.7 Å². The summed E-state index contributed by atoms with van der Waals surface area (Å²) in [6.07, 6.45) is 10.2. The third-order valence-electron chi connectivity index (χ3n) is 7.39. The second kappa shape index (κ2) is 8.46. The normalized spacial score (nSPS) is 25.1. The summed E-state index contributed by atoms with van der Waals surface area (Å²) >= 11 is 0. The molecule has 0 radical (unpaired) electrons. The quantitative estimate of drug-likeness (QED) is 0.818. The van der Waals surface area contributed by atoms with E-state index in [1.807, 2.05) is 23.1 Å². The summed E-state index contributed by atoms with van der Waals surface area (Å²) in [6.45, 7) is 0.837. The Morgan fingerprint density at radius 2 is 2.13 bits per heavy atom. The Morgan fingerprint density at radius 3 is 2.87 bits per heavy atom. The molecular formula is C26H31N3O2. The van der Waals surface area contributed by atoms with Gasteiger partial charge in [0.15, 0.2) is 0 Å². The first kappa shape index (κ1) is 20.3. The fourth-order valence-electron chi connectivity index (χ4n) is 5.79. The van der Waals surface area contributed by atoms with Crippen LogP contribution in [0.25, 0.3) is 5.57 Å². The van der Waals surface area contributed by atoms with Crippen LogP contribution in [0.4, 0.5) is 5.69 Å². The summed E-state index contributed by atoms with van der Waals surface area (Å²) < 4.78 is 0. The number of hydrogen-bond acceptors (Lipinski definition) is 4. The minimum atomic E-state index is 0.0173. The number of carbonyl (C=O) groups is 1. The van der Waals surface area contributed by atoms with Crippen molar-refractivity contribution >= 4 is 17.2 Å². The minimum absolute atomic E-state index is 0.0173. The van der Waals surface area contributed by atoms with Crippen LogP contribution in [0.1, 0.15) is 55.0 Å². The molecule has 1 aliphatic carbocycles. The van der Waals surface area contributed by atoms with Crippen molar-refractivity contribution in [1.82, 2.24) is 9.88 Å². The third-order valence-corrected chi connectivity index (χ3v) is 7.39. The van der Waals surface area contributed by atoms with Gasteiger partial charge in [-0.15, -0.1) is 0 Å². The van der Waals surface area contributed by atoms with Crippen molar-refractivity contribution in [3.05, 3.63) is 65.5 Å². The number of allylic oxidation sites excluding steroid dienone is 2. The molecule has 1 saturated heterocycles. The highest BCUT2D eigenvalue weighted by molar-refractivity contribution is 5.80. The van der Waals surface area contributed by atoms with E-state index in [1.54, 1.807) is 6.20 Å². The number of carbonyl (C=O) groups excluding carboxylic acids is 1. The standard InChI is InChI=1S/C26H31N3O2/c1-28-23-11-10-19(18-7-3-2-4-8-18)15-22(23)26-21(24(28)17-30)12-14-29(26)25(31)16-20-9-5-6-13-27-20/h5-7,9-11,13,15,21,24,26,30H,2-4,8,12,14,16-17H2,1H3/t21-,24+,26-/m0/s1. The molecule has 1 aromatic carbocycles. The predicted molar refractivity (Wildman–Crippen MR) is 123 cm³/mol. The molecule has 3 aliphatic rings. The van der Waals surface area contributed by atoms with Crippen LogP contribution in [0.2, 0.25) is 0 Å². The average molecular weight is 418 g/mol. The van der Waals surface area contributed by atoms with Gasteiger partial charge in [0.2, 0.25) is 5.91 Å². The molecule has 2 aromatic rings. The number of aromatic nitrogens is 1. The summed E-state index contributed by atoms with van der Waals surface area (Å²) in [7, 11) is 2.08. The number of benzene rings is 1. The summed E-state index contributed by atoms with van der Waals surface area (Å²) in [5, 5.41) is 10.2. The van der Waals surface area contributed by atoms with E-state index in [9.17, 15) is 9.90 Å². The minimum Gasteiger partial charge on any atom is -0.394 e. The monoisotopic (exact) mass is 417 g/mol. The van der Waals surface area contributed by atoms with Gasteiger partial charge in [-0.25, -0.2) is 0 Å². The Morgan fingerprint density at radius 1 is 1.23 bits per heavy atom. The fourth-order valence-corrected chi connectivity index (χ4v) is 5.79. The van der Waals surface area contributed by atoms with Crippen molar-refractivity contribution in [2.24, 2.45) is 5.92 Å². The number of rotatable bonds is 4. The lowest BCUT2D eigenvalue weighted by Crippen LogP contribution is -2.48.